The average molecular weight is 249 g/mol. The van der Waals surface area contributed by atoms with E-state index in [4.69, 9.17) is 0 Å². The van der Waals surface area contributed by atoms with Crippen LogP contribution in [0.2, 0.25) is 0 Å². The Bertz CT molecular complexity index is 308. The van der Waals surface area contributed by atoms with E-state index < -0.39 is 0 Å². The van der Waals surface area contributed by atoms with E-state index in [9.17, 15) is 0 Å². The predicted octanol–water partition coefficient (Wildman–Crippen LogP) is 3.95. The number of benzene rings is 1. The summed E-state index contributed by atoms with van der Waals surface area (Å²) in [6.07, 6.45) is 5.57. The minimum Gasteiger partial charge on any atom is -0.314 e. The van der Waals surface area contributed by atoms with E-state index in [-0.39, 0.29) is 0 Å². The van der Waals surface area contributed by atoms with Crippen molar-refractivity contribution < 1.29 is 0 Å². The molecule has 2 rings (SSSR count). The Morgan fingerprint density at radius 3 is 2.71 bits per heavy atom. The fourth-order valence-corrected chi connectivity index (χ4v) is 3.17. The van der Waals surface area contributed by atoms with Gasteiger partial charge >= 0.3 is 0 Å². The molecule has 1 aromatic carbocycles. The van der Waals surface area contributed by atoms with Gasteiger partial charge in [0.15, 0.2) is 0 Å². The summed E-state index contributed by atoms with van der Waals surface area (Å²) < 4.78 is 0. The van der Waals surface area contributed by atoms with Crippen LogP contribution in [0.5, 0.6) is 0 Å². The molecule has 0 amide bonds. The second kappa shape index (κ2) is 7.07. The van der Waals surface area contributed by atoms with Gasteiger partial charge in [0.1, 0.15) is 0 Å². The molecule has 1 nitrogen and oxygen atoms in total. The molecular weight excluding hydrogens is 226 g/mol. The van der Waals surface area contributed by atoms with Crippen molar-refractivity contribution in [1.82, 2.24) is 5.32 Å². The quantitative estimate of drug-likeness (QED) is 0.553. The van der Waals surface area contributed by atoms with Crippen molar-refractivity contribution in [2.24, 2.45) is 5.92 Å². The van der Waals surface area contributed by atoms with Gasteiger partial charge in [-0.3, -0.25) is 0 Å². The Morgan fingerprint density at radius 1 is 1.29 bits per heavy atom. The number of hydrogen-bond donors (Lipinski definition) is 1. The van der Waals surface area contributed by atoms with E-state index in [1.807, 2.05) is 11.8 Å². The van der Waals surface area contributed by atoms with Crippen LogP contribution in [0.1, 0.15) is 32.6 Å². The van der Waals surface area contributed by atoms with Crippen molar-refractivity contribution in [1.29, 1.82) is 0 Å². The Kier molecular flexibility index (Phi) is 5.40. The van der Waals surface area contributed by atoms with Gasteiger partial charge in [0.05, 0.1) is 0 Å². The smallest absolute Gasteiger partial charge is 0.00955 e. The van der Waals surface area contributed by atoms with E-state index in [0.29, 0.717) is 0 Å². The summed E-state index contributed by atoms with van der Waals surface area (Å²) in [5, 5.41) is 3.63. The summed E-state index contributed by atoms with van der Waals surface area (Å²) in [6, 6.07) is 11.5. The fourth-order valence-electron chi connectivity index (χ4n) is 2.28. The van der Waals surface area contributed by atoms with E-state index in [1.165, 1.54) is 36.3 Å². The lowest BCUT2D eigenvalue weighted by atomic mass is 10.1. The number of rotatable bonds is 8. The van der Waals surface area contributed by atoms with Crippen LogP contribution in [0.15, 0.2) is 35.2 Å². The Balaban J connectivity index is 1.61. The zero-order valence-electron chi connectivity index (χ0n) is 10.7. The predicted molar refractivity (Wildman–Crippen MR) is 76.6 cm³/mol. The summed E-state index contributed by atoms with van der Waals surface area (Å²) in [5.41, 5.74) is 0. The highest BCUT2D eigenvalue weighted by Crippen LogP contribution is 2.34. The number of thioether (sulfide) groups is 1. The minimum atomic E-state index is 0.788. The molecule has 0 aromatic heterocycles. The molecule has 1 atom stereocenters. The molecule has 0 saturated heterocycles. The van der Waals surface area contributed by atoms with E-state index in [1.54, 1.807) is 0 Å². The van der Waals surface area contributed by atoms with Crippen molar-refractivity contribution in [3.05, 3.63) is 30.3 Å². The van der Waals surface area contributed by atoms with Crippen LogP contribution in [0.25, 0.3) is 0 Å². The number of hydrogen-bond acceptors (Lipinski definition) is 2. The lowest BCUT2D eigenvalue weighted by Crippen LogP contribution is -2.30. The van der Waals surface area contributed by atoms with Crippen LogP contribution in [-0.4, -0.2) is 18.3 Å². The lowest BCUT2D eigenvalue weighted by Gasteiger charge is -2.16. The van der Waals surface area contributed by atoms with Gasteiger partial charge in [-0.2, -0.15) is 0 Å². The standard InChI is InChI=1S/C15H23NS/c1-2-16-15(13-10-11-13)9-6-12-17-14-7-4-3-5-8-14/h3-5,7-8,13,15-16H,2,6,9-12H2,1H3. The van der Waals surface area contributed by atoms with Crippen LogP contribution in [0.4, 0.5) is 0 Å². The van der Waals surface area contributed by atoms with Gasteiger partial charge in [0.2, 0.25) is 0 Å². The summed E-state index contributed by atoms with van der Waals surface area (Å²) in [6.45, 7) is 3.33. The SMILES string of the molecule is CCNC(CCCSc1ccccc1)C1CC1. The molecule has 1 aromatic rings. The van der Waals surface area contributed by atoms with Gasteiger partial charge in [-0.1, -0.05) is 25.1 Å². The maximum Gasteiger partial charge on any atom is 0.00955 e. The first-order valence-electron chi connectivity index (χ1n) is 6.81. The zero-order chi connectivity index (χ0) is 11.9. The van der Waals surface area contributed by atoms with Crippen LogP contribution >= 0.6 is 11.8 Å². The second-order valence-corrected chi connectivity index (χ2v) is 5.97. The molecule has 1 saturated carbocycles. The number of nitrogens with one attached hydrogen (secondary N) is 1. The molecule has 0 heterocycles. The molecule has 0 aliphatic heterocycles. The molecular formula is C15H23NS. The molecule has 0 bridgehead atoms. The van der Waals surface area contributed by atoms with Gasteiger partial charge in [-0.05, 0) is 56.0 Å². The minimum absolute atomic E-state index is 0.788. The van der Waals surface area contributed by atoms with Crippen LogP contribution in [-0.2, 0) is 0 Å². The maximum absolute atomic E-state index is 3.63. The molecule has 1 aliphatic carbocycles. The summed E-state index contributed by atoms with van der Waals surface area (Å²) in [5.74, 6) is 2.23. The van der Waals surface area contributed by atoms with Gasteiger partial charge < -0.3 is 5.32 Å². The lowest BCUT2D eigenvalue weighted by molar-refractivity contribution is 0.443. The molecule has 0 spiro atoms. The molecule has 1 aliphatic rings. The summed E-state index contributed by atoms with van der Waals surface area (Å²) >= 11 is 1.98. The van der Waals surface area contributed by atoms with E-state index >= 15 is 0 Å². The van der Waals surface area contributed by atoms with E-state index in [0.717, 1.165) is 18.5 Å². The fraction of sp³-hybridized carbons (Fsp3) is 0.600. The van der Waals surface area contributed by atoms with Crippen molar-refractivity contribution >= 4 is 11.8 Å². The molecule has 2 heteroatoms. The third kappa shape index (κ3) is 4.72. The van der Waals surface area contributed by atoms with Gasteiger partial charge in [-0.25, -0.2) is 0 Å². The van der Waals surface area contributed by atoms with Crippen LogP contribution < -0.4 is 5.32 Å². The average Bonchev–Trinajstić information content (AvgIpc) is 3.19. The van der Waals surface area contributed by atoms with E-state index in [2.05, 4.69) is 42.6 Å². The molecule has 0 radical (unpaired) electrons. The van der Waals surface area contributed by atoms with Crippen molar-refractivity contribution in [3.63, 3.8) is 0 Å². The third-order valence-corrected chi connectivity index (χ3v) is 4.43. The van der Waals surface area contributed by atoms with Gasteiger partial charge in [0.25, 0.3) is 0 Å². The van der Waals surface area contributed by atoms with Crippen molar-refractivity contribution in [3.8, 4) is 0 Å². The first kappa shape index (κ1) is 13.0. The molecule has 1 fully saturated rings. The Morgan fingerprint density at radius 2 is 2.06 bits per heavy atom. The largest absolute Gasteiger partial charge is 0.314 e. The first-order chi connectivity index (χ1) is 8.40. The van der Waals surface area contributed by atoms with Gasteiger partial charge in [0, 0.05) is 10.9 Å². The highest BCUT2D eigenvalue weighted by Gasteiger charge is 2.29. The molecule has 1 unspecified atom stereocenters. The Labute approximate surface area is 109 Å². The third-order valence-electron chi connectivity index (χ3n) is 3.33. The highest BCUT2D eigenvalue weighted by atomic mass is 32.2. The Hall–Kier alpha value is -0.470. The summed E-state index contributed by atoms with van der Waals surface area (Å²) in [7, 11) is 0. The highest BCUT2D eigenvalue weighted by molar-refractivity contribution is 7.99. The normalized spacial score (nSPS) is 17.0. The monoisotopic (exact) mass is 249 g/mol. The second-order valence-electron chi connectivity index (χ2n) is 4.81. The first-order valence-corrected chi connectivity index (χ1v) is 7.80. The topological polar surface area (TPSA) is 12.0 Å². The summed E-state index contributed by atoms with van der Waals surface area (Å²) in [4.78, 5) is 1.40. The maximum atomic E-state index is 3.63. The van der Waals surface area contributed by atoms with Crippen molar-refractivity contribution in [2.45, 2.75) is 43.5 Å². The van der Waals surface area contributed by atoms with Crippen LogP contribution in [0, 0.1) is 5.92 Å². The molecule has 1 N–H and O–H groups in total. The van der Waals surface area contributed by atoms with Crippen molar-refractivity contribution in [2.75, 3.05) is 12.3 Å². The van der Waals surface area contributed by atoms with Crippen LogP contribution in [0.3, 0.4) is 0 Å². The molecule has 94 valence electrons. The zero-order valence-corrected chi connectivity index (χ0v) is 11.5. The van der Waals surface area contributed by atoms with Gasteiger partial charge in [-0.15, -0.1) is 11.8 Å². The molecule has 17 heavy (non-hydrogen) atoms.